The third-order valence-corrected chi connectivity index (χ3v) is 5.13. The Morgan fingerprint density at radius 3 is 1.00 bits per heavy atom. The maximum absolute atomic E-state index is 8.62. The standard InChI is InChI=1S/2C7H16OSi/c2*1-7(5-8)6-9(2,3)4/h2*8H,1,5-6H2,2-4H3. The second kappa shape index (κ2) is 8.85. The van der Waals surface area contributed by atoms with E-state index in [0.717, 1.165) is 23.2 Å². The Morgan fingerprint density at radius 1 is 0.722 bits per heavy atom. The van der Waals surface area contributed by atoms with Gasteiger partial charge in [-0.3, -0.25) is 0 Å². The minimum atomic E-state index is -1.00. The predicted molar refractivity (Wildman–Crippen MR) is 88.8 cm³/mol. The van der Waals surface area contributed by atoms with Crippen LogP contribution < -0.4 is 0 Å². The van der Waals surface area contributed by atoms with Crippen LogP contribution in [0.5, 0.6) is 0 Å². The molecular weight excluding hydrogens is 256 g/mol. The molecule has 0 aromatic carbocycles. The zero-order chi connectivity index (χ0) is 15.0. The van der Waals surface area contributed by atoms with Gasteiger partial charge in [0.1, 0.15) is 0 Å². The van der Waals surface area contributed by atoms with Crippen molar-refractivity contribution in [3.05, 3.63) is 24.3 Å². The van der Waals surface area contributed by atoms with Crippen LogP contribution in [0, 0.1) is 0 Å². The van der Waals surface area contributed by atoms with Gasteiger partial charge in [-0.2, -0.15) is 0 Å². The molecule has 2 N–H and O–H groups in total. The number of rotatable bonds is 6. The second-order valence-corrected chi connectivity index (χ2v) is 18.2. The summed E-state index contributed by atoms with van der Waals surface area (Å²) in [5.74, 6) is 0. The van der Waals surface area contributed by atoms with E-state index in [1.165, 1.54) is 0 Å². The minimum absolute atomic E-state index is 0.157. The molecule has 0 aliphatic rings. The SMILES string of the molecule is C=C(CO)C[Si](C)(C)C.C=C(CO)C[Si](C)(C)C. The highest BCUT2D eigenvalue weighted by molar-refractivity contribution is 6.77. The molecule has 0 saturated heterocycles. The van der Waals surface area contributed by atoms with Crippen molar-refractivity contribution >= 4 is 16.1 Å². The first-order chi connectivity index (χ1) is 7.91. The topological polar surface area (TPSA) is 40.5 Å². The third-order valence-electron chi connectivity index (χ3n) is 2.01. The lowest BCUT2D eigenvalue weighted by Crippen LogP contribution is -2.20. The van der Waals surface area contributed by atoms with Crippen LogP contribution in [-0.2, 0) is 0 Å². The Bertz CT molecular complexity index is 232. The van der Waals surface area contributed by atoms with Crippen molar-refractivity contribution in [3.8, 4) is 0 Å². The number of aliphatic hydroxyl groups is 2. The van der Waals surface area contributed by atoms with E-state index < -0.39 is 16.1 Å². The van der Waals surface area contributed by atoms with E-state index in [9.17, 15) is 0 Å². The smallest absolute Gasteiger partial charge is 0.0636 e. The molecule has 0 bridgehead atoms. The molecule has 0 amide bonds. The molecule has 0 unspecified atom stereocenters. The van der Waals surface area contributed by atoms with Gasteiger partial charge in [0.25, 0.3) is 0 Å². The van der Waals surface area contributed by atoms with Crippen LogP contribution in [0.4, 0.5) is 0 Å². The molecule has 2 nitrogen and oxygen atoms in total. The van der Waals surface area contributed by atoms with Crippen molar-refractivity contribution in [3.63, 3.8) is 0 Å². The van der Waals surface area contributed by atoms with Gasteiger partial charge >= 0.3 is 0 Å². The predicted octanol–water partition coefficient (Wildman–Crippen LogP) is 3.75. The third kappa shape index (κ3) is 18.2. The normalized spacial score (nSPS) is 11.6. The molecule has 0 rings (SSSR count). The summed E-state index contributed by atoms with van der Waals surface area (Å²) in [7, 11) is -2.00. The Morgan fingerprint density at radius 2 is 0.944 bits per heavy atom. The van der Waals surface area contributed by atoms with Crippen molar-refractivity contribution in [2.45, 2.75) is 51.4 Å². The first-order valence-electron chi connectivity index (χ1n) is 6.46. The summed E-state index contributed by atoms with van der Waals surface area (Å²) >= 11 is 0. The van der Waals surface area contributed by atoms with Crippen LogP contribution in [0.2, 0.25) is 51.4 Å². The van der Waals surface area contributed by atoms with E-state index >= 15 is 0 Å². The summed E-state index contributed by atoms with van der Waals surface area (Å²) in [4.78, 5) is 0. The molecule has 0 aliphatic carbocycles. The van der Waals surface area contributed by atoms with Crippen molar-refractivity contribution in [1.29, 1.82) is 0 Å². The first-order valence-corrected chi connectivity index (χ1v) is 13.9. The average molecular weight is 289 g/mol. The molecule has 0 aliphatic heterocycles. The quantitative estimate of drug-likeness (QED) is 0.577. The monoisotopic (exact) mass is 288 g/mol. The molecule has 0 fully saturated rings. The fraction of sp³-hybridized carbons (Fsp3) is 0.714. The highest BCUT2D eigenvalue weighted by Crippen LogP contribution is 2.14. The Hall–Kier alpha value is -0.166. The lowest BCUT2D eigenvalue weighted by molar-refractivity contribution is 0.331. The van der Waals surface area contributed by atoms with Gasteiger partial charge in [0, 0.05) is 16.1 Å². The van der Waals surface area contributed by atoms with Gasteiger partial charge in [-0.15, -0.1) is 0 Å². The first kappa shape index (κ1) is 20.2. The van der Waals surface area contributed by atoms with Gasteiger partial charge in [0.2, 0.25) is 0 Å². The van der Waals surface area contributed by atoms with Gasteiger partial charge in [-0.05, 0) is 12.1 Å². The molecule has 18 heavy (non-hydrogen) atoms. The maximum atomic E-state index is 8.62. The van der Waals surface area contributed by atoms with Crippen molar-refractivity contribution in [2.75, 3.05) is 13.2 Å². The molecular formula is C14H32O2Si2. The van der Waals surface area contributed by atoms with E-state index in [-0.39, 0.29) is 13.2 Å². The number of hydrogen-bond donors (Lipinski definition) is 2. The van der Waals surface area contributed by atoms with Crippen LogP contribution >= 0.6 is 0 Å². The van der Waals surface area contributed by atoms with Crippen LogP contribution in [0.25, 0.3) is 0 Å². The second-order valence-electron chi connectivity index (χ2n) is 7.29. The fourth-order valence-electron chi connectivity index (χ4n) is 1.61. The van der Waals surface area contributed by atoms with E-state index in [4.69, 9.17) is 10.2 Å². The van der Waals surface area contributed by atoms with E-state index in [2.05, 4.69) is 52.4 Å². The van der Waals surface area contributed by atoms with Crippen LogP contribution in [-0.4, -0.2) is 39.6 Å². The largest absolute Gasteiger partial charge is 0.392 e. The molecule has 0 spiro atoms. The van der Waals surface area contributed by atoms with Crippen molar-refractivity contribution in [1.82, 2.24) is 0 Å². The van der Waals surface area contributed by atoms with Gasteiger partial charge in [0.15, 0.2) is 0 Å². The molecule has 108 valence electrons. The van der Waals surface area contributed by atoms with Gasteiger partial charge in [-0.1, -0.05) is 63.6 Å². The summed E-state index contributed by atoms with van der Waals surface area (Å²) in [5.41, 5.74) is 1.96. The summed E-state index contributed by atoms with van der Waals surface area (Å²) in [6.45, 7) is 21.4. The summed E-state index contributed by atoms with van der Waals surface area (Å²) in [6.07, 6.45) is 0. The van der Waals surface area contributed by atoms with Crippen LogP contribution in [0.3, 0.4) is 0 Å². The van der Waals surface area contributed by atoms with E-state index in [1.54, 1.807) is 0 Å². The Balaban J connectivity index is 0. The maximum Gasteiger partial charge on any atom is 0.0636 e. The molecule has 4 heteroatoms. The average Bonchev–Trinajstić information content (AvgIpc) is 2.13. The van der Waals surface area contributed by atoms with Crippen LogP contribution in [0.1, 0.15) is 0 Å². The van der Waals surface area contributed by atoms with E-state index in [0.29, 0.717) is 0 Å². The highest BCUT2D eigenvalue weighted by atomic mass is 28.3. The van der Waals surface area contributed by atoms with Gasteiger partial charge in [-0.25, -0.2) is 0 Å². The molecule has 0 aromatic heterocycles. The zero-order valence-electron chi connectivity index (χ0n) is 13.1. The van der Waals surface area contributed by atoms with Crippen molar-refractivity contribution < 1.29 is 10.2 Å². The lowest BCUT2D eigenvalue weighted by atomic mass is 10.4. The lowest BCUT2D eigenvalue weighted by Gasteiger charge is -2.15. The zero-order valence-corrected chi connectivity index (χ0v) is 15.1. The number of aliphatic hydroxyl groups excluding tert-OH is 2. The summed E-state index contributed by atoms with van der Waals surface area (Å²) in [5, 5.41) is 17.2. The fourth-order valence-corrected chi connectivity index (χ4v) is 4.84. The Labute approximate surface area is 115 Å². The minimum Gasteiger partial charge on any atom is -0.392 e. The van der Waals surface area contributed by atoms with E-state index in [1.807, 2.05) is 0 Å². The highest BCUT2D eigenvalue weighted by Gasteiger charge is 2.13. The van der Waals surface area contributed by atoms with Gasteiger partial charge < -0.3 is 10.2 Å². The summed E-state index contributed by atoms with van der Waals surface area (Å²) < 4.78 is 0. The molecule has 0 aromatic rings. The molecule has 0 saturated carbocycles. The molecule has 0 heterocycles. The van der Waals surface area contributed by atoms with Crippen molar-refractivity contribution in [2.24, 2.45) is 0 Å². The number of hydrogen-bond acceptors (Lipinski definition) is 2. The van der Waals surface area contributed by atoms with Gasteiger partial charge in [0.05, 0.1) is 13.2 Å². The summed E-state index contributed by atoms with van der Waals surface area (Å²) in [6, 6.07) is 2.09. The Kier molecular flexibility index (Phi) is 9.91. The molecule has 0 radical (unpaired) electrons. The van der Waals surface area contributed by atoms with Crippen LogP contribution in [0.15, 0.2) is 24.3 Å². The molecule has 0 atom stereocenters.